The van der Waals surface area contributed by atoms with Gasteiger partial charge in [-0.25, -0.2) is 0 Å². The molecule has 1 aliphatic heterocycles. The van der Waals surface area contributed by atoms with E-state index in [1.807, 2.05) is 6.92 Å². The number of carboxylic acids is 1. The molecule has 0 bridgehead atoms. The highest BCUT2D eigenvalue weighted by Gasteiger charge is 2.47. The fraction of sp³-hybridized carbons (Fsp3) is 0.600. The van der Waals surface area contributed by atoms with Crippen LogP contribution in [0.5, 0.6) is 0 Å². The number of hydrogen-bond donors (Lipinski definition) is 1. The smallest absolute Gasteiger partial charge is 0.416 e. The Hall–Kier alpha value is -2.05. The van der Waals surface area contributed by atoms with Gasteiger partial charge in [0.1, 0.15) is 0 Å². The minimum absolute atomic E-state index is 0.0232. The number of benzene rings is 1. The van der Waals surface area contributed by atoms with Gasteiger partial charge in [-0.2, -0.15) is 13.2 Å². The zero-order valence-corrected chi connectivity index (χ0v) is 15.2. The van der Waals surface area contributed by atoms with Crippen molar-refractivity contribution in [1.82, 2.24) is 4.90 Å². The number of carbonyl (C=O) groups is 2. The van der Waals surface area contributed by atoms with Crippen LogP contribution in [-0.4, -0.2) is 35.0 Å². The molecule has 1 saturated heterocycles. The minimum Gasteiger partial charge on any atom is -0.481 e. The molecule has 2 fully saturated rings. The number of alkyl halides is 3. The zero-order chi connectivity index (χ0) is 19.8. The van der Waals surface area contributed by atoms with Gasteiger partial charge in [0, 0.05) is 19.0 Å². The summed E-state index contributed by atoms with van der Waals surface area (Å²) in [6, 6.07) is 4.89. The SMILES string of the molecule is CCC(Cc1ccc(C(F)(F)F)cc1)C(=O)N1C[C@H](C(=O)O)[C@@H](C2CC2)C1. The topological polar surface area (TPSA) is 57.6 Å². The van der Waals surface area contributed by atoms with E-state index in [-0.39, 0.29) is 24.3 Å². The fourth-order valence-electron chi connectivity index (χ4n) is 4.05. The van der Waals surface area contributed by atoms with Gasteiger partial charge in [-0.3, -0.25) is 9.59 Å². The van der Waals surface area contributed by atoms with Crippen LogP contribution in [0.25, 0.3) is 0 Å². The van der Waals surface area contributed by atoms with Crippen LogP contribution < -0.4 is 0 Å². The molecule has 3 atom stereocenters. The summed E-state index contributed by atoms with van der Waals surface area (Å²) in [6.45, 7) is 2.58. The fourth-order valence-corrected chi connectivity index (χ4v) is 4.05. The highest BCUT2D eigenvalue weighted by Crippen LogP contribution is 2.44. The number of nitrogens with zero attached hydrogens (tertiary/aromatic N) is 1. The molecular formula is C20H24F3NO3. The van der Waals surface area contributed by atoms with Gasteiger partial charge in [-0.1, -0.05) is 19.1 Å². The molecule has 1 unspecified atom stereocenters. The van der Waals surface area contributed by atoms with Crippen LogP contribution in [0.15, 0.2) is 24.3 Å². The predicted octanol–water partition coefficient (Wildman–Crippen LogP) is 3.84. The third-order valence-corrected chi connectivity index (χ3v) is 5.83. The van der Waals surface area contributed by atoms with Crippen LogP contribution in [0.4, 0.5) is 13.2 Å². The van der Waals surface area contributed by atoms with Gasteiger partial charge < -0.3 is 10.0 Å². The molecule has 1 amide bonds. The van der Waals surface area contributed by atoms with Gasteiger partial charge in [0.25, 0.3) is 0 Å². The number of carboxylic acid groups (broad SMARTS) is 1. The maximum atomic E-state index is 12.9. The molecule has 27 heavy (non-hydrogen) atoms. The van der Waals surface area contributed by atoms with E-state index in [1.54, 1.807) is 4.90 Å². The average Bonchev–Trinajstić information content (AvgIpc) is 3.36. The van der Waals surface area contributed by atoms with Crippen molar-refractivity contribution >= 4 is 11.9 Å². The van der Waals surface area contributed by atoms with E-state index in [1.165, 1.54) is 12.1 Å². The Labute approximate surface area is 156 Å². The summed E-state index contributed by atoms with van der Waals surface area (Å²) in [4.78, 5) is 26.1. The standard InChI is InChI=1S/C20H24F3NO3/c1-2-13(9-12-3-7-15(8-4-12)20(21,22)23)18(25)24-10-16(14-5-6-14)17(11-24)19(26)27/h3-4,7-8,13-14,16-17H,2,5-6,9-11H2,1H3,(H,26,27)/t13?,16-,17+/m1/s1. The summed E-state index contributed by atoms with van der Waals surface area (Å²) in [5.74, 6) is -1.38. The van der Waals surface area contributed by atoms with E-state index in [0.717, 1.165) is 25.0 Å². The first-order chi connectivity index (χ1) is 12.7. The van der Waals surface area contributed by atoms with Crippen molar-refractivity contribution in [3.05, 3.63) is 35.4 Å². The van der Waals surface area contributed by atoms with Crippen LogP contribution in [0.3, 0.4) is 0 Å². The van der Waals surface area contributed by atoms with E-state index >= 15 is 0 Å². The Balaban J connectivity index is 1.66. The van der Waals surface area contributed by atoms with Crippen molar-refractivity contribution in [3.8, 4) is 0 Å². The lowest BCUT2D eigenvalue weighted by atomic mass is 9.92. The summed E-state index contributed by atoms with van der Waals surface area (Å²) in [6.07, 6.45) is -1.41. The molecule has 4 nitrogen and oxygen atoms in total. The van der Waals surface area contributed by atoms with E-state index in [9.17, 15) is 27.9 Å². The third-order valence-electron chi connectivity index (χ3n) is 5.83. The lowest BCUT2D eigenvalue weighted by Gasteiger charge is -2.23. The van der Waals surface area contributed by atoms with Crippen LogP contribution >= 0.6 is 0 Å². The highest BCUT2D eigenvalue weighted by molar-refractivity contribution is 5.81. The lowest BCUT2D eigenvalue weighted by Crippen LogP contribution is -2.36. The van der Waals surface area contributed by atoms with Gasteiger partial charge >= 0.3 is 12.1 Å². The summed E-state index contributed by atoms with van der Waals surface area (Å²) < 4.78 is 38.0. The number of carbonyl (C=O) groups excluding carboxylic acids is 1. The van der Waals surface area contributed by atoms with E-state index in [2.05, 4.69) is 0 Å². The van der Waals surface area contributed by atoms with E-state index < -0.39 is 23.6 Å². The molecule has 0 aromatic heterocycles. The quantitative estimate of drug-likeness (QED) is 0.812. The van der Waals surface area contributed by atoms with Crippen LogP contribution in [-0.2, 0) is 22.2 Å². The van der Waals surface area contributed by atoms with Crippen LogP contribution in [0.1, 0.15) is 37.3 Å². The van der Waals surface area contributed by atoms with E-state index in [4.69, 9.17) is 0 Å². The molecule has 148 valence electrons. The Morgan fingerprint density at radius 3 is 2.30 bits per heavy atom. The van der Waals surface area contributed by atoms with Crippen molar-refractivity contribution in [3.63, 3.8) is 0 Å². The monoisotopic (exact) mass is 383 g/mol. The zero-order valence-electron chi connectivity index (χ0n) is 15.2. The summed E-state index contributed by atoms with van der Waals surface area (Å²) in [5.41, 5.74) is -0.0299. The first-order valence-corrected chi connectivity index (χ1v) is 9.38. The maximum absolute atomic E-state index is 12.9. The number of rotatable bonds is 6. The maximum Gasteiger partial charge on any atom is 0.416 e. The highest BCUT2D eigenvalue weighted by atomic mass is 19.4. The third kappa shape index (κ3) is 4.45. The van der Waals surface area contributed by atoms with Gasteiger partial charge in [0.15, 0.2) is 0 Å². The second kappa shape index (κ2) is 7.52. The Morgan fingerprint density at radius 2 is 1.81 bits per heavy atom. The van der Waals surface area contributed by atoms with Gasteiger partial charge in [0.2, 0.25) is 5.91 Å². The summed E-state index contributed by atoms with van der Waals surface area (Å²) in [7, 11) is 0. The molecule has 0 spiro atoms. The largest absolute Gasteiger partial charge is 0.481 e. The Bertz CT molecular complexity index is 697. The van der Waals surface area contributed by atoms with Crippen LogP contribution in [0, 0.1) is 23.7 Å². The molecule has 1 aliphatic carbocycles. The minimum atomic E-state index is -4.38. The number of amides is 1. The lowest BCUT2D eigenvalue weighted by molar-refractivity contribution is -0.143. The second-order valence-electron chi connectivity index (χ2n) is 7.69. The molecule has 2 aliphatic rings. The Morgan fingerprint density at radius 1 is 1.19 bits per heavy atom. The van der Waals surface area contributed by atoms with Crippen molar-refractivity contribution in [2.24, 2.45) is 23.7 Å². The first kappa shape index (κ1) is 19.7. The first-order valence-electron chi connectivity index (χ1n) is 9.38. The molecule has 0 radical (unpaired) electrons. The molecular weight excluding hydrogens is 359 g/mol. The summed E-state index contributed by atoms with van der Waals surface area (Å²) >= 11 is 0. The molecule has 7 heteroatoms. The van der Waals surface area contributed by atoms with Crippen molar-refractivity contribution in [2.75, 3.05) is 13.1 Å². The Kier molecular flexibility index (Phi) is 5.49. The van der Waals surface area contributed by atoms with Crippen molar-refractivity contribution in [1.29, 1.82) is 0 Å². The molecule has 1 heterocycles. The number of likely N-dealkylation sites (tertiary alicyclic amines) is 1. The summed E-state index contributed by atoms with van der Waals surface area (Å²) in [5, 5.41) is 9.45. The molecule has 1 saturated carbocycles. The number of halogens is 3. The molecule has 1 aromatic carbocycles. The van der Waals surface area contributed by atoms with Crippen molar-refractivity contribution in [2.45, 2.75) is 38.8 Å². The predicted molar refractivity (Wildman–Crippen MR) is 92.8 cm³/mol. The van der Waals surface area contributed by atoms with Crippen LogP contribution in [0.2, 0.25) is 0 Å². The molecule has 1 aromatic rings. The number of hydrogen-bond acceptors (Lipinski definition) is 2. The normalized spacial score (nSPS) is 24.1. The second-order valence-corrected chi connectivity index (χ2v) is 7.69. The molecule has 3 rings (SSSR count). The number of aliphatic carboxylic acids is 1. The van der Waals surface area contributed by atoms with Gasteiger partial charge in [-0.05, 0) is 55.2 Å². The van der Waals surface area contributed by atoms with Gasteiger partial charge in [-0.15, -0.1) is 0 Å². The van der Waals surface area contributed by atoms with Crippen molar-refractivity contribution < 1.29 is 27.9 Å². The average molecular weight is 383 g/mol. The van der Waals surface area contributed by atoms with Gasteiger partial charge in [0.05, 0.1) is 11.5 Å². The molecule has 1 N–H and O–H groups in total. The van der Waals surface area contributed by atoms with E-state index in [0.29, 0.717) is 30.9 Å².